The third-order valence-corrected chi connectivity index (χ3v) is 6.93. The van der Waals surface area contributed by atoms with Crippen molar-refractivity contribution in [2.45, 2.75) is 59.3 Å². The quantitative estimate of drug-likeness (QED) is 0.515. The van der Waals surface area contributed by atoms with E-state index >= 15 is 0 Å². The third-order valence-electron chi connectivity index (χ3n) is 6.93. The van der Waals surface area contributed by atoms with Crippen molar-refractivity contribution in [1.82, 2.24) is 9.88 Å². The number of rotatable bonds is 11. The molecule has 3 rings (SSSR count). The van der Waals surface area contributed by atoms with Crippen LogP contribution in [0.5, 0.6) is 5.75 Å². The molecule has 6 nitrogen and oxygen atoms in total. The summed E-state index contributed by atoms with van der Waals surface area (Å²) < 4.78 is 5.83. The van der Waals surface area contributed by atoms with Crippen molar-refractivity contribution in [1.29, 1.82) is 0 Å². The van der Waals surface area contributed by atoms with E-state index in [1.807, 2.05) is 41.4 Å². The Morgan fingerprint density at radius 2 is 1.76 bits per heavy atom. The number of hydrogen-bond donors (Lipinski definition) is 1. The molecule has 1 saturated heterocycles. The van der Waals surface area contributed by atoms with Crippen molar-refractivity contribution < 1.29 is 19.4 Å². The molecule has 1 unspecified atom stereocenters. The lowest BCUT2D eigenvalue weighted by Crippen LogP contribution is -2.41. The number of nitrogens with zero attached hydrogens (tertiary/aromatic N) is 2. The van der Waals surface area contributed by atoms with Crippen LogP contribution in [0, 0.1) is 17.8 Å². The van der Waals surface area contributed by atoms with E-state index in [1.165, 1.54) is 5.56 Å². The Morgan fingerprint density at radius 3 is 2.32 bits per heavy atom. The molecule has 1 N–H and O–H groups in total. The van der Waals surface area contributed by atoms with E-state index in [-0.39, 0.29) is 12.3 Å². The van der Waals surface area contributed by atoms with Gasteiger partial charge in [-0.2, -0.15) is 0 Å². The first-order chi connectivity index (χ1) is 16.4. The maximum Gasteiger partial charge on any atom is 0.307 e. The van der Waals surface area contributed by atoms with Gasteiger partial charge >= 0.3 is 5.97 Å². The van der Waals surface area contributed by atoms with Crippen molar-refractivity contribution in [3.8, 4) is 5.75 Å². The monoisotopic (exact) mass is 466 g/mol. The normalized spacial score (nSPS) is 15.4. The minimum Gasteiger partial charge on any atom is -0.493 e. The van der Waals surface area contributed by atoms with Gasteiger partial charge in [0.05, 0.1) is 12.5 Å². The molecular formula is C28H38N2O4. The molecule has 0 aliphatic carbocycles. The zero-order chi connectivity index (χ0) is 24.5. The second-order valence-corrected chi connectivity index (χ2v) is 9.66. The number of benzene rings is 1. The highest BCUT2D eigenvalue weighted by molar-refractivity contribution is 5.82. The molecule has 0 spiro atoms. The van der Waals surface area contributed by atoms with Crippen LogP contribution in [0.2, 0.25) is 0 Å². The predicted octanol–water partition coefficient (Wildman–Crippen LogP) is 4.79. The van der Waals surface area contributed by atoms with Gasteiger partial charge in [-0.3, -0.25) is 14.6 Å². The van der Waals surface area contributed by atoms with E-state index in [0.717, 1.165) is 55.8 Å². The summed E-state index contributed by atoms with van der Waals surface area (Å²) in [6.07, 6.45) is 5.99. The van der Waals surface area contributed by atoms with Crippen LogP contribution in [0.1, 0.15) is 56.9 Å². The number of carboxylic acid groups (broad SMARTS) is 1. The molecule has 0 saturated carbocycles. The standard InChI is InChI=1S/C28H38N2O4/c1-4-21-5-8-25(29-19-21)13-16-34-26-9-6-22(7-10-26)17-24(28(32)33)18-27(31)30-14-11-23(12-15-30)20(2)3/h5-10,19-20,23-24H,4,11-18H2,1-3H3,(H,32,33). The van der Waals surface area contributed by atoms with Gasteiger partial charge in [-0.1, -0.05) is 39.0 Å². The highest BCUT2D eigenvalue weighted by Crippen LogP contribution is 2.26. The van der Waals surface area contributed by atoms with Crippen molar-refractivity contribution in [3.05, 3.63) is 59.4 Å². The maximum absolute atomic E-state index is 12.7. The lowest BCUT2D eigenvalue weighted by molar-refractivity contribution is -0.146. The fourth-order valence-electron chi connectivity index (χ4n) is 4.49. The van der Waals surface area contributed by atoms with Crippen LogP contribution in [-0.2, 0) is 28.9 Å². The van der Waals surface area contributed by atoms with Gasteiger partial charge in [0.1, 0.15) is 5.75 Å². The van der Waals surface area contributed by atoms with Crippen LogP contribution in [0.25, 0.3) is 0 Å². The molecule has 184 valence electrons. The molecule has 1 amide bonds. The number of carbonyl (C=O) groups is 2. The molecule has 2 aromatic rings. The molecular weight excluding hydrogens is 428 g/mol. The summed E-state index contributed by atoms with van der Waals surface area (Å²) in [4.78, 5) is 30.9. The van der Waals surface area contributed by atoms with Crippen LogP contribution < -0.4 is 4.74 Å². The first-order valence-corrected chi connectivity index (χ1v) is 12.5. The van der Waals surface area contributed by atoms with Gasteiger partial charge in [-0.25, -0.2) is 0 Å². The summed E-state index contributed by atoms with van der Waals surface area (Å²) >= 11 is 0. The van der Waals surface area contributed by atoms with Crippen LogP contribution in [0.3, 0.4) is 0 Å². The molecule has 1 atom stereocenters. The molecule has 2 heterocycles. The van der Waals surface area contributed by atoms with E-state index < -0.39 is 11.9 Å². The minimum atomic E-state index is -0.924. The van der Waals surface area contributed by atoms with E-state index in [0.29, 0.717) is 24.9 Å². The van der Waals surface area contributed by atoms with Crippen molar-refractivity contribution in [2.75, 3.05) is 19.7 Å². The second kappa shape index (κ2) is 12.5. The first kappa shape index (κ1) is 25.7. The summed E-state index contributed by atoms with van der Waals surface area (Å²) in [5.41, 5.74) is 3.11. The number of amides is 1. The molecule has 1 aromatic carbocycles. The fraction of sp³-hybridized carbons (Fsp3) is 0.536. The number of ether oxygens (including phenoxy) is 1. The lowest BCUT2D eigenvalue weighted by Gasteiger charge is -2.34. The van der Waals surface area contributed by atoms with E-state index in [1.54, 1.807) is 0 Å². The van der Waals surface area contributed by atoms with Gasteiger partial charge in [-0.05, 0) is 66.8 Å². The predicted molar refractivity (Wildman–Crippen MR) is 133 cm³/mol. The van der Waals surface area contributed by atoms with E-state index in [4.69, 9.17) is 4.74 Å². The Bertz CT molecular complexity index is 916. The summed E-state index contributed by atoms with van der Waals surface area (Å²) in [5, 5.41) is 9.71. The topological polar surface area (TPSA) is 79.7 Å². The van der Waals surface area contributed by atoms with Crippen LogP contribution in [0.15, 0.2) is 42.6 Å². The smallest absolute Gasteiger partial charge is 0.307 e. The molecule has 1 aliphatic heterocycles. The fourth-order valence-corrected chi connectivity index (χ4v) is 4.49. The van der Waals surface area contributed by atoms with Gasteiger partial charge in [0.15, 0.2) is 0 Å². The Morgan fingerprint density at radius 1 is 1.09 bits per heavy atom. The molecule has 1 fully saturated rings. The number of piperidine rings is 1. The van der Waals surface area contributed by atoms with Gasteiger partial charge < -0.3 is 14.7 Å². The Hall–Kier alpha value is -2.89. The number of pyridine rings is 1. The number of hydrogen-bond acceptors (Lipinski definition) is 4. The summed E-state index contributed by atoms with van der Waals surface area (Å²) in [7, 11) is 0. The molecule has 0 bridgehead atoms. The number of likely N-dealkylation sites (tertiary alicyclic amines) is 1. The summed E-state index contributed by atoms with van der Waals surface area (Å²) in [6.45, 7) is 8.55. The molecule has 1 aromatic heterocycles. The zero-order valence-electron chi connectivity index (χ0n) is 20.7. The largest absolute Gasteiger partial charge is 0.493 e. The van der Waals surface area contributed by atoms with Gasteiger partial charge in [0.2, 0.25) is 5.91 Å². The average Bonchev–Trinajstić information content (AvgIpc) is 2.85. The molecule has 6 heteroatoms. The maximum atomic E-state index is 12.7. The number of aliphatic carboxylic acids is 1. The number of aryl methyl sites for hydroxylation is 1. The highest BCUT2D eigenvalue weighted by atomic mass is 16.5. The summed E-state index contributed by atoms with van der Waals surface area (Å²) in [5.74, 6) is 0.324. The van der Waals surface area contributed by atoms with Gasteiger partial charge in [0, 0.05) is 37.8 Å². The number of aromatic nitrogens is 1. The van der Waals surface area contributed by atoms with Crippen LogP contribution in [0.4, 0.5) is 0 Å². The SMILES string of the molecule is CCc1ccc(CCOc2ccc(CC(CC(=O)N3CCC(C(C)C)CC3)C(=O)O)cc2)nc1. The van der Waals surface area contributed by atoms with Crippen molar-refractivity contribution >= 4 is 11.9 Å². The van der Waals surface area contributed by atoms with E-state index in [2.05, 4.69) is 31.8 Å². The minimum absolute atomic E-state index is 0.0454. The van der Waals surface area contributed by atoms with Gasteiger partial charge in [-0.15, -0.1) is 0 Å². The molecule has 1 aliphatic rings. The zero-order valence-corrected chi connectivity index (χ0v) is 20.7. The van der Waals surface area contributed by atoms with Crippen molar-refractivity contribution in [3.63, 3.8) is 0 Å². The first-order valence-electron chi connectivity index (χ1n) is 12.5. The van der Waals surface area contributed by atoms with Crippen LogP contribution >= 0.6 is 0 Å². The van der Waals surface area contributed by atoms with E-state index in [9.17, 15) is 14.7 Å². The second-order valence-electron chi connectivity index (χ2n) is 9.66. The number of carboxylic acids is 1. The highest BCUT2D eigenvalue weighted by Gasteiger charge is 2.28. The van der Waals surface area contributed by atoms with Crippen LogP contribution in [-0.4, -0.2) is 46.6 Å². The average molecular weight is 467 g/mol. The van der Waals surface area contributed by atoms with Gasteiger partial charge in [0.25, 0.3) is 0 Å². The Kier molecular flexibility index (Phi) is 9.49. The Balaban J connectivity index is 1.46. The Labute approximate surface area is 203 Å². The lowest BCUT2D eigenvalue weighted by atomic mass is 9.86. The summed E-state index contributed by atoms with van der Waals surface area (Å²) in [6, 6.07) is 11.6. The third kappa shape index (κ3) is 7.57. The van der Waals surface area contributed by atoms with Crippen molar-refractivity contribution in [2.24, 2.45) is 17.8 Å². The molecule has 0 radical (unpaired) electrons. The molecule has 34 heavy (non-hydrogen) atoms. The number of carbonyl (C=O) groups excluding carboxylic acids is 1.